The maximum Gasteiger partial charge on any atom is 0.258 e. The molecule has 2 unspecified atom stereocenters. The molecule has 2 atom stereocenters. The van der Waals surface area contributed by atoms with E-state index in [4.69, 9.17) is 0 Å². The first kappa shape index (κ1) is 13.4. The average Bonchev–Trinajstić information content (AvgIpc) is 2.71. The number of aliphatic hydroxyl groups excluding tert-OH is 1. The molecule has 3 rings (SSSR count). The Labute approximate surface area is 119 Å². The molecule has 2 saturated heterocycles. The lowest BCUT2D eigenvalue weighted by atomic mass is 9.98. The predicted octanol–water partition coefficient (Wildman–Crippen LogP) is 1.64. The summed E-state index contributed by atoms with van der Waals surface area (Å²) in [5, 5.41) is 13.1. The Hall–Kier alpha value is -1.62. The van der Waals surface area contributed by atoms with Gasteiger partial charge in [0.1, 0.15) is 0 Å². The van der Waals surface area contributed by atoms with Crippen LogP contribution in [0.25, 0.3) is 0 Å². The highest BCUT2D eigenvalue weighted by Gasteiger charge is 2.43. The van der Waals surface area contributed by atoms with E-state index < -0.39 is 0 Å². The Morgan fingerprint density at radius 2 is 2.15 bits per heavy atom. The summed E-state index contributed by atoms with van der Waals surface area (Å²) in [6.45, 7) is 2.78. The number of aromatic nitrogens is 1. The zero-order valence-electron chi connectivity index (χ0n) is 11.7. The van der Waals surface area contributed by atoms with E-state index in [-0.39, 0.29) is 24.1 Å². The number of piperidine rings is 1. The van der Waals surface area contributed by atoms with Crippen LogP contribution in [0, 0.1) is 0 Å². The normalized spacial score (nSPS) is 28.5. The second kappa shape index (κ2) is 5.40. The number of aliphatic hydroxyl groups is 1. The van der Waals surface area contributed by atoms with Crippen molar-refractivity contribution in [3.63, 3.8) is 0 Å². The van der Waals surface area contributed by atoms with Gasteiger partial charge in [0.15, 0.2) is 0 Å². The molecule has 0 radical (unpaired) electrons. The SMILES string of the molecule is CCNc1ccncc1C(=O)N1C2CCC1CC(O)C2. The molecular formula is C15H21N3O2. The third-order valence-corrected chi connectivity index (χ3v) is 4.36. The summed E-state index contributed by atoms with van der Waals surface area (Å²) in [7, 11) is 0. The minimum atomic E-state index is -0.251. The topological polar surface area (TPSA) is 65.5 Å². The van der Waals surface area contributed by atoms with Crippen molar-refractivity contribution in [2.24, 2.45) is 0 Å². The molecule has 3 heterocycles. The molecule has 0 spiro atoms. The van der Waals surface area contributed by atoms with E-state index in [1.807, 2.05) is 17.9 Å². The fourth-order valence-corrected chi connectivity index (χ4v) is 3.53. The van der Waals surface area contributed by atoms with Crippen molar-refractivity contribution in [1.82, 2.24) is 9.88 Å². The molecule has 1 aromatic rings. The van der Waals surface area contributed by atoms with Gasteiger partial charge in [-0.05, 0) is 38.7 Å². The lowest BCUT2D eigenvalue weighted by Gasteiger charge is -2.37. The first-order valence-electron chi connectivity index (χ1n) is 7.39. The molecule has 2 N–H and O–H groups in total. The van der Waals surface area contributed by atoms with Crippen LogP contribution in [0.4, 0.5) is 5.69 Å². The van der Waals surface area contributed by atoms with Crippen LogP contribution in [0.3, 0.4) is 0 Å². The Kier molecular flexibility index (Phi) is 3.61. The van der Waals surface area contributed by atoms with Gasteiger partial charge in [-0.3, -0.25) is 9.78 Å². The quantitative estimate of drug-likeness (QED) is 0.880. The van der Waals surface area contributed by atoms with E-state index in [9.17, 15) is 9.90 Å². The minimum Gasteiger partial charge on any atom is -0.393 e. The van der Waals surface area contributed by atoms with E-state index in [0.717, 1.165) is 25.1 Å². The number of hydrogen-bond acceptors (Lipinski definition) is 4. The van der Waals surface area contributed by atoms with Crippen LogP contribution in [0.5, 0.6) is 0 Å². The second-order valence-corrected chi connectivity index (χ2v) is 5.67. The van der Waals surface area contributed by atoms with Crippen LogP contribution in [0.15, 0.2) is 18.5 Å². The van der Waals surface area contributed by atoms with E-state index in [2.05, 4.69) is 10.3 Å². The average molecular weight is 275 g/mol. The summed E-state index contributed by atoms with van der Waals surface area (Å²) >= 11 is 0. The van der Waals surface area contributed by atoms with E-state index in [0.29, 0.717) is 18.4 Å². The van der Waals surface area contributed by atoms with Crippen LogP contribution in [0.2, 0.25) is 0 Å². The molecule has 2 fully saturated rings. The highest BCUT2D eigenvalue weighted by molar-refractivity contribution is 5.99. The highest BCUT2D eigenvalue weighted by Crippen LogP contribution is 2.37. The van der Waals surface area contributed by atoms with Gasteiger partial charge in [0.25, 0.3) is 5.91 Å². The molecule has 5 heteroatoms. The molecule has 20 heavy (non-hydrogen) atoms. The Morgan fingerprint density at radius 3 is 2.80 bits per heavy atom. The number of carbonyl (C=O) groups excluding carboxylic acids is 1. The fraction of sp³-hybridized carbons (Fsp3) is 0.600. The Morgan fingerprint density at radius 1 is 1.45 bits per heavy atom. The smallest absolute Gasteiger partial charge is 0.258 e. The Bertz CT molecular complexity index is 492. The number of fused-ring (bicyclic) bond motifs is 2. The van der Waals surface area contributed by atoms with Crippen molar-refractivity contribution in [2.75, 3.05) is 11.9 Å². The minimum absolute atomic E-state index is 0.0495. The summed E-state index contributed by atoms with van der Waals surface area (Å²) < 4.78 is 0. The summed E-state index contributed by atoms with van der Waals surface area (Å²) in [5.74, 6) is 0.0495. The van der Waals surface area contributed by atoms with Crippen molar-refractivity contribution in [1.29, 1.82) is 0 Å². The van der Waals surface area contributed by atoms with E-state index in [1.54, 1.807) is 12.4 Å². The summed E-state index contributed by atoms with van der Waals surface area (Å²) in [5.41, 5.74) is 1.49. The largest absolute Gasteiger partial charge is 0.393 e. The number of nitrogens with zero attached hydrogens (tertiary/aromatic N) is 2. The van der Waals surface area contributed by atoms with Crippen molar-refractivity contribution in [3.8, 4) is 0 Å². The number of amides is 1. The number of carbonyl (C=O) groups is 1. The van der Waals surface area contributed by atoms with Gasteiger partial charge >= 0.3 is 0 Å². The van der Waals surface area contributed by atoms with Gasteiger partial charge in [0.2, 0.25) is 0 Å². The van der Waals surface area contributed by atoms with Gasteiger partial charge in [-0.15, -0.1) is 0 Å². The molecule has 0 aromatic carbocycles. The van der Waals surface area contributed by atoms with Gasteiger partial charge in [-0.1, -0.05) is 0 Å². The molecule has 1 aromatic heterocycles. The third kappa shape index (κ3) is 2.26. The summed E-state index contributed by atoms with van der Waals surface area (Å²) in [4.78, 5) is 18.9. The first-order valence-corrected chi connectivity index (χ1v) is 7.39. The van der Waals surface area contributed by atoms with Crippen molar-refractivity contribution >= 4 is 11.6 Å². The van der Waals surface area contributed by atoms with Crippen molar-refractivity contribution in [2.45, 2.75) is 50.8 Å². The maximum absolute atomic E-state index is 12.8. The van der Waals surface area contributed by atoms with Crippen molar-refractivity contribution < 1.29 is 9.90 Å². The number of nitrogens with one attached hydrogen (secondary N) is 1. The van der Waals surface area contributed by atoms with E-state index >= 15 is 0 Å². The molecular weight excluding hydrogens is 254 g/mol. The molecule has 2 aliphatic heterocycles. The second-order valence-electron chi connectivity index (χ2n) is 5.67. The summed E-state index contributed by atoms with van der Waals surface area (Å²) in [6, 6.07) is 2.22. The lowest BCUT2D eigenvalue weighted by Crippen LogP contribution is -2.48. The van der Waals surface area contributed by atoms with Gasteiger partial charge < -0.3 is 15.3 Å². The molecule has 0 aliphatic carbocycles. The highest BCUT2D eigenvalue weighted by atomic mass is 16.3. The molecule has 0 saturated carbocycles. The lowest BCUT2D eigenvalue weighted by molar-refractivity contribution is 0.0287. The van der Waals surface area contributed by atoms with Crippen molar-refractivity contribution in [3.05, 3.63) is 24.0 Å². The third-order valence-electron chi connectivity index (χ3n) is 4.36. The van der Waals surface area contributed by atoms with E-state index in [1.165, 1.54) is 0 Å². The van der Waals surface area contributed by atoms with Crippen LogP contribution in [-0.2, 0) is 0 Å². The zero-order chi connectivity index (χ0) is 14.1. The molecule has 1 amide bonds. The Balaban J connectivity index is 1.86. The maximum atomic E-state index is 12.8. The van der Waals surface area contributed by atoms with Gasteiger partial charge in [0, 0.05) is 31.0 Å². The summed E-state index contributed by atoms with van der Waals surface area (Å²) in [6.07, 6.45) is 6.51. The van der Waals surface area contributed by atoms with Gasteiger partial charge in [-0.2, -0.15) is 0 Å². The zero-order valence-corrected chi connectivity index (χ0v) is 11.7. The van der Waals surface area contributed by atoms with Crippen LogP contribution < -0.4 is 5.32 Å². The number of hydrogen-bond donors (Lipinski definition) is 2. The van der Waals surface area contributed by atoms with Crippen LogP contribution in [-0.4, -0.2) is 45.6 Å². The number of pyridine rings is 1. The molecule has 108 valence electrons. The predicted molar refractivity (Wildman–Crippen MR) is 76.6 cm³/mol. The van der Waals surface area contributed by atoms with Crippen LogP contribution >= 0.6 is 0 Å². The number of anilines is 1. The first-order chi connectivity index (χ1) is 9.70. The molecule has 2 aliphatic rings. The van der Waals surface area contributed by atoms with Gasteiger partial charge in [0.05, 0.1) is 17.4 Å². The monoisotopic (exact) mass is 275 g/mol. The van der Waals surface area contributed by atoms with Gasteiger partial charge in [-0.25, -0.2) is 0 Å². The molecule has 5 nitrogen and oxygen atoms in total. The number of rotatable bonds is 3. The van der Waals surface area contributed by atoms with Crippen LogP contribution in [0.1, 0.15) is 43.0 Å². The fourth-order valence-electron chi connectivity index (χ4n) is 3.53. The molecule has 2 bridgehead atoms. The standard InChI is InChI=1S/C15H21N3O2/c1-2-17-14-5-6-16-9-13(14)15(20)18-10-3-4-11(18)8-12(19)7-10/h5-6,9-12,19H,2-4,7-8H2,1H3,(H,16,17).